The molecule has 0 aliphatic heterocycles. The van der Waals surface area contributed by atoms with E-state index in [0.717, 1.165) is 24.2 Å². The number of unbranched alkanes of at least 4 members (excludes halogenated alkanes) is 1. The van der Waals surface area contributed by atoms with Gasteiger partial charge in [-0.3, -0.25) is 9.59 Å². The molecule has 1 aromatic carbocycles. The van der Waals surface area contributed by atoms with Crippen LogP contribution in [0.3, 0.4) is 0 Å². The van der Waals surface area contributed by atoms with Crippen LogP contribution in [0.25, 0.3) is 0 Å². The summed E-state index contributed by atoms with van der Waals surface area (Å²) in [7, 11) is 1.56. The normalized spacial score (nSPS) is 11.5. The number of nitrogens with zero attached hydrogens (tertiary/aromatic N) is 3. The molecule has 43 heavy (non-hydrogen) atoms. The number of carbonyl (C=O) groups excluding carboxylic acids is 4. The Bertz CT molecular complexity index is 1440. The number of benzene rings is 1. The lowest BCUT2D eigenvalue weighted by Crippen LogP contribution is -2.25. The van der Waals surface area contributed by atoms with E-state index in [2.05, 4.69) is 27.8 Å². The quantitative estimate of drug-likeness (QED) is 0.176. The largest absolute Gasteiger partial charge is 0.497 e. The van der Waals surface area contributed by atoms with Crippen molar-refractivity contribution in [3.05, 3.63) is 51.7 Å². The molecule has 0 aliphatic carbocycles. The summed E-state index contributed by atoms with van der Waals surface area (Å²) in [6.07, 6.45) is 1.77. The van der Waals surface area contributed by atoms with E-state index in [0.29, 0.717) is 34.4 Å². The molecule has 0 radical (unpaired) electrons. The highest BCUT2D eigenvalue weighted by molar-refractivity contribution is 8.00. The highest BCUT2D eigenvalue weighted by atomic mass is 32.2. The van der Waals surface area contributed by atoms with Crippen LogP contribution in [0.4, 0.5) is 5.00 Å². The molecule has 3 rings (SSSR count). The van der Waals surface area contributed by atoms with Crippen LogP contribution in [0.5, 0.6) is 5.75 Å². The summed E-state index contributed by atoms with van der Waals surface area (Å²) in [5, 5.41) is 14.3. The third-order valence-electron chi connectivity index (χ3n) is 6.26. The zero-order valence-corrected chi connectivity index (χ0v) is 26.8. The predicted octanol–water partition coefficient (Wildman–Crippen LogP) is 4.86. The van der Waals surface area contributed by atoms with Gasteiger partial charge in [0.05, 0.1) is 37.7 Å². The van der Waals surface area contributed by atoms with Gasteiger partial charge in [0.1, 0.15) is 15.6 Å². The molecular weight excluding hydrogens is 594 g/mol. The number of amides is 2. The van der Waals surface area contributed by atoms with Gasteiger partial charge in [0.15, 0.2) is 11.0 Å². The molecule has 2 heterocycles. The Hall–Kier alpha value is -3.91. The first kappa shape index (κ1) is 33.6. The van der Waals surface area contributed by atoms with Crippen molar-refractivity contribution in [2.75, 3.05) is 25.6 Å². The number of rotatable bonds is 15. The summed E-state index contributed by atoms with van der Waals surface area (Å²) in [5.74, 6) is -0.659. The fraction of sp³-hybridized carbons (Fsp3) is 0.448. The van der Waals surface area contributed by atoms with Crippen molar-refractivity contribution in [3.8, 4) is 5.75 Å². The number of esters is 2. The third-order valence-corrected chi connectivity index (χ3v) is 8.53. The Morgan fingerprint density at radius 3 is 2.33 bits per heavy atom. The molecule has 2 aromatic heterocycles. The molecule has 0 spiro atoms. The maximum atomic E-state index is 13.3. The van der Waals surface area contributed by atoms with Gasteiger partial charge in [-0.2, -0.15) is 0 Å². The molecule has 232 valence electrons. The van der Waals surface area contributed by atoms with Crippen LogP contribution in [0.2, 0.25) is 0 Å². The monoisotopic (exact) mass is 631 g/mol. The Labute approximate surface area is 258 Å². The van der Waals surface area contributed by atoms with E-state index in [-0.39, 0.29) is 41.1 Å². The van der Waals surface area contributed by atoms with Gasteiger partial charge in [0, 0.05) is 12.1 Å². The average Bonchev–Trinajstić information content (AvgIpc) is 3.53. The van der Waals surface area contributed by atoms with Crippen molar-refractivity contribution in [2.45, 2.75) is 71.0 Å². The molecule has 0 fully saturated rings. The minimum Gasteiger partial charge on any atom is -0.497 e. The van der Waals surface area contributed by atoms with Crippen LogP contribution in [-0.2, 0) is 27.4 Å². The molecule has 2 N–H and O–H groups in total. The first-order valence-electron chi connectivity index (χ1n) is 13.9. The van der Waals surface area contributed by atoms with Gasteiger partial charge in [-0.15, -0.1) is 21.5 Å². The first-order chi connectivity index (χ1) is 20.6. The van der Waals surface area contributed by atoms with E-state index in [1.54, 1.807) is 59.1 Å². The number of hydrogen-bond acceptors (Lipinski definition) is 11. The maximum Gasteiger partial charge on any atom is 0.348 e. The number of aromatic nitrogens is 3. The molecule has 0 unspecified atom stereocenters. The maximum absolute atomic E-state index is 13.3. The number of methoxy groups -OCH3 is 1. The van der Waals surface area contributed by atoms with E-state index in [4.69, 9.17) is 14.2 Å². The zero-order valence-electron chi connectivity index (χ0n) is 25.1. The molecule has 3 aromatic rings. The lowest BCUT2D eigenvalue weighted by Gasteiger charge is -2.14. The van der Waals surface area contributed by atoms with E-state index in [9.17, 15) is 19.2 Å². The van der Waals surface area contributed by atoms with Crippen molar-refractivity contribution in [3.63, 3.8) is 0 Å². The van der Waals surface area contributed by atoms with Gasteiger partial charge < -0.3 is 29.4 Å². The summed E-state index contributed by atoms with van der Waals surface area (Å²) >= 11 is 2.17. The second-order valence-corrected chi connectivity index (χ2v) is 11.6. The summed E-state index contributed by atoms with van der Waals surface area (Å²) in [6, 6.07) is 6.78. The van der Waals surface area contributed by atoms with Crippen LogP contribution in [-0.4, -0.2) is 64.1 Å². The van der Waals surface area contributed by atoms with E-state index in [1.165, 1.54) is 11.8 Å². The van der Waals surface area contributed by atoms with Gasteiger partial charge in [-0.05, 0) is 63.9 Å². The van der Waals surface area contributed by atoms with Crippen LogP contribution >= 0.6 is 23.1 Å². The molecule has 1 atom stereocenters. The Morgan fingerprint density at radius 1 is 1.02 bits per heavy atom. The minimum atomic E-state index is -0.644. The van der Waals surface area contributed by atoms with E-state index >= 15 is 0 Å². The lowest BCUT2D eigenvalue weighted by atomic mass is 10.1. The second kappa shape index (κ2) is 16.1. The minimum absolute atomic E-state index is 0.126. The summed E-state index contributed by atoms with van der Waals surface area (Å²) < 4.78 is 17.3. The first-order valence-corrected chi connectivity index (χ1v) is 15.6. The molecular formula is C29H37N5O7S2. The van der Waals surface area contributed by atoms with Gasteiger partial charge in [0.25, 0.3) is 5.91 Å². The van der Waals surface area contributed by atoms with Crippen molar-refractivity contribution < 1.29 is 33.4 Å². The number of hydrogen-bond donors (Lipinski definition) is 2. The van der Waals surface area contributed by atoms with Crippen molar-refractivity contribution in [1.29, 1.82) is 0 Å². The highest BCUT2D eigenvalue weighted by Gasteiger charge is 2.29. The topological polar surface area (TPSA) is 151 Å². The van der Waals surface area contributed by atoms with E-state index < -0.39 is 23.1 Å². The zero-order chi connectivity index (χ0) is 31.5. The predicted molar refractivity (Wildman–Crippen MR) is 164 cm³/mol. The second-order valence-electron chi connectivity index (χ2n) is 9.27. The fourth-order valence-corrected chi connectivity index (χ4v) is 5.93. The molecule has 0 bridgehead atoms. The molecule has 12 nitrogen and oxygen atoms in total. The summed E-state index contributed by atoms with van der Waals surface area (Å²) in [4.78, 5) is 51.4. The Morgan fingerprint density at radius 2 is 1.70 bits per heavy atom. The van der Waals surface area contributed by atoms with Crippen molar-refractivity contribution in [1.82, 2.24) is 20.1 Å². The highest BCUT2D eigenvalue weighted by Crippen LogP contribution is 2.35. The number of anilines is 1. The molecule has 14 heteroatoms. The number of thioether (sulfide) groups is 1. The molecule has 0 aliphatic rings. The van der Waals surface area contributed by atoms with Gasteiger partial charge in [0.2, 0.25) is 5.91 Å². The summed E-state index contributed by atoms with van der Waals surface area (Å²) in [5.41, 5.74) is 0.997. The SMILES string of the molecule is CCCCn1c(CNC(=O)c2ccc(OC)cc2)nnc1S[C@H](C)C(=O)Nc1sc(C(=O)OCC)c(C)c1C(=O)OCC. The number of thiophene rings is 1. The van der Waals surface area contributed by atoms with Crippen LogP contribution < -0.4 is 15.4 Å². The van der Waals surface area contributed by atoms with Gasteiger partial charge in [-0.1, -0.05) is 25.1 Å². The average molecular weight is 632 g/mol. The smallest absolute Gasteiger partial charge is 0.348 e. The van der Waals surface area contributed by atoms with Crippen molar-refractivity contribution >= 4 is 51.9 Å². The molecule has 2 amide bonds. The van der Waals surface area contributed by atoms with Crippen LogP contribution in [0.15, 0.2) is 29.4 Å². The molecule has 0 saturated heterocycles. The molecule has 0 saturated carbocycles. The Balaban J connectivity index is 1.76. The number of carbonyl (C=O) groups is 4. The lowest BCUT2D eigenvalue weighted by molar-refractivity contribution is -0.115. The van der Waals surface area contributed by atoms with Crippen molar-refractivity contribution in [2.24, 2.45) is 0 Å². The van der Waals surface area contributed by atoms with Crippen LogP contribution in [0, 0.1) is 6.92 Å². The Kier molecular flexibility index (Phi) is 12.6. The van der Waals surface area contributed by atoms with Gasteiger partial charge >= 0.3 is 11.9 Å². The number of nitrogens with one attached hydrogen (secondary N) is 2. The third kappa shape index (κ3) is 8.57. The standard InChI is InChI=1S/C29H37N5O7S2/c1-7-10-15-34-21(16-30-25(36)19-11-13-20(39-6)14-12-19)32-33-29(34)42-18(5)24(35)31-26-22(27(37)40-8-2)17(4)23(43-26)28(38)41-9-3/h11-14,18H,7-10,15-16H2,1-6H3,(H,30,36)(H,31,35)/t18-/m1/s1. The van der Waals surface area contributed by atoms with E-state index in [1.807, 2.05) is 4.57 Å². The fourth-order valence-electron chi connectivity index (χ4n) is 3.95. The van der Waals surface area contributed by atoms with Crippen LogP contribution in [0.1, 0.15) is 82.3 Å². The number of ether oxygens (including phenoxy) is 3. The summed E-state index contributed by atoms with van der Waals surface area (Å²) in [6.45, 7) is 9.82. The van der Waals surface area contributed by atoms with Gasteiger partial charge in [-0.25, -0.2) is 9.59 Å².